The highest BCUT2D eigenvalue weighted by Crippen LogP contribution is 2.35. The minimum Gasteiger partial charge on any atom is -0.496 e. The summed E-state index contributed by atoms with van der Waals surface area (Å²) in [6.07, 6.45) is 5.62. The van der Waals surface area contributed by atoms with Crippen molar-refractivity contribution in [2.75, 3.05) is 77.2 Å². The first kappa shape index (κ1) is 42.3. The first-order chi connectivity index (χ1) is 25.9. The fraction of sp³-hybridized carbons (Fsp3) is 0.595. The number of nitrogens with one attached hydrogen (secondary N) is 2. The van der Waals surface area contributed by atoms with Crippen LogP contribution in [0.25, 0.3) is 10.9 Å². The Kier molecular flexibility index (Phi) is 14.2. The smallest absolute Gasteiger partial charge is 0.227 e. The highest BCUT2D eigenvalue weighted by atomic mass is 35.5. The average Bonchev–Trinajstić information content (AvgIpc) is 3.67. The van der Waals surface area contributed by atoms with Crippen LogP contribution in [0.1, 0.15) is 65.4 Å². The second-order valence-corrected chi connectivity index (χ2v) is 16.6. The molecule has 0 saturated carbocycles. The maximum absolute atomic E-state index is 14.1. The number of benzene rings is 2. The molecule has 2 N–H and O–H groups in total. The van der Waals surface area contributed by atoms with Gasteiger partial charge in [0, 0.05) is 85.9 Å². The van der Waals surface area contributed by atoms with Gasteiger partial charge in [0.15, 0.2) is 5.78 Å². The number of piperazine rings is 1. The van der Waals surface area contributed by atoms with Gasteiger partial charge in [-0.3, -0.25) is 19.3 Å². The number of fused-ring (bicyclic) bond motifs is 1. The lowest BCUT2D eigenvalue weighted by molar-refractivity contribution is -0.145. The van der Waals surface area contributed by atoms with Crippen LogP contribution < -0.4 is 20.3 Å². The summed E-state index contributed by atoms with van der Waals surface area (Å²) < 4.78 is 5.76. The fourth-order valence-corrected chi connectivity index (χ4v) is 8.33. The molecule has 0 bridgehead atoms. The number of ketones is 2. The zero-order valence-electron chi connectivity index (χ0n) is 33.8. The molecule has 3 fully saturated rings. The third-order valence-electron chi connectivity index (χ3n) is 12.0. The van der Waals surface area contributed by atoms with Gasteiger partial charge in [0.1, 0.15) is 23.7 Å². The molecule has 3 aliphatic heterocycles. The SMILES string of the molecule is CN[C@@H](C)C(=O)C[C@H](C(=O)N1CCC[C@H]1C(=O)Cc1cc2c(Nc3ccc(N4CCN(C5CCN(C)CC5)CC4)cc3)ncnc2cc1OC)C(C)(C)C.Cl. The van der Waals surface area contributed by atoms with E-state index < -0.39 is 17.4 Å². The lowest BCUT2D eigenvalue weighted by atomic mass is 9.76. The largest absolute Gasteiger partial charge is 0.496 e. The summed E-state index contributed by atoms with van der Waals surface area (Å²) in [7, 11) is 5.55. The van der Waals surface area contributed by atoms with E-state index in [1.54, 1.807) is 19.1 Å². The summed E-state index contributed by atoms with van der Waals surface area (Å²) in [5.74, 6) is 0.505. The molecule has 13 heteroatoms. The lowest BCUT2D eigenvalue weighted by Gasteiger charge is -2.42. The predicted molar refractivity (Wildman–Crippen MR) is 222 cm³/mol. The third-order valence-corrected chi connectivity index (χ3v) is 12.0. The summed E-state index contributed by atoms with van der Waals surface area (Å²) >= 11 is 0. The van der Waals surface area contributed by atoms with Crippen molar-refractivity contribution in [3.05, 3.63) is 48.3 Å². The van der Waals surface area contributed by atoms with Crippen molar-refractivity contribution in [3.8, 4) is 5.75 Å². The number of likely N-dealkylation sites (tertiary alicyclic amines) is 2. The highest BCUT2D eigenvalue weighted by Gasteiger charge is 2.42. The average molecular weight is 777 g/mol. The van der Waals surface area contributed by atoms with Gasteiger partial charge < -0.3 is 30.1 Å². The molecule has 3 aromatic rings. The Labute approximate surface area is 333 Å². The van der Waals surface area contributed by atoms with Gasteiger partial charge in [-0.2, -0.15) is 0 Å². The van der Waals surface area contributed by atoms with Crippen molar-refractivity contribution in [1.29, 1.82) is 0 Å². The number of likely N-dealkylation sites (N-methyl/N-ethyl adjacent to an activating group) is 1. The van der Waals surface area contributed by atoms with Crippen molar-refractivity contribution in [2.24, 2.45) is 11.3 Å². The first-order valence-corrected chi connectivity index (χ1v) is 19.8. The number of anilines is 3. The molecule has 3 saturated heterocycles. The summed E-state index contributed by atoms with van der Waals surface area (Å²) in [6.45, 7) is 14.9. The predicted octanol–water partition coefficient (Wildman–Crippen LogP) is 5.35. The minimum atomic E-state index is -0.556. The van der Waals surface area contributed by atoms with E-state index in [0.29, 0.717) is 41.7 Å². The second kappa shape index (κ2) is 18.4. The van der Waals surface area contributed by atoms with Crippen molar-refractivity contribution >= 4 is 58.0 Å². The number of ether oxygens (including phenoxy) is 1. The Bertz CT molecular complexity index is 1780. The number of methoxy groups -OCH3 is 1. The summed E-state index contributed by atoms with van der Waals surface area (Å²) in [5, 5.41) is 7.26. The number of aromatic nitrogens is 2. The van der Waals surface area contributed by atoms with Crippen LogP contribution in [0.3, 0.4) is 0 Å². The summed E-state index contributed by atoms with van der Waals surface area (Å²) in [4.78, 5) is 59.5. The highest BCUT2D eigenvalue weighted by molar-refractivity contribution is 5.97. The Balaban J connectivity index is 0.00000580. The number of nitrogens with zero attached hydrogens (tertiary/aromatic N) is 6. The molecule has 2 aromatic carbocycles. The maximum Gasteiger partial charge on any atom is 0.227 e. The number of halogens is 1. The summed E-state index contributed by atoms with van der Waals surface area (Å²) in [5.41, 5.74) is 3.10. The molecular weight excluding hydrogens is 716 g/mol. The number of hydrogen-bond acceptors (Lipinski definition) is 11. The number of carbonyl (C=O) groups is 3. The van der Waals surface area contributed by atoms with Crippen molar-refractivity contribution < 1.29 is 19.1 Å². The quantitative estimate of drug-likeness (QED) is 0.234. The standard InChI is InChI=1S/C42H60N8O4.ClH/c1-28(43-5)37(51)25-34(42(2,3)4)41(53)50-16-8-9-36(50)38(52)24-29-23-33-35(26-39(29)54-7)44-27-45-40(33)46-30-10-12-31(13-11-30)48-19-21-49(22-20-48)32-14-17-47(6)18-15-32;/h10-13,23,26-28,32,34,36,43H,8-9,14-22,24-25H2,1-7H3,(H,44,45,46);1H/t28-,34+,36-;/m0./s1. The molecule has 0 spiro atoms. The lowest BCUT2D eigenvalue weighted by Crippen LogP contribution is -2.52. The van der Waals surface area contributed by atoms with E-state index in [-0.39, 0.29) is 48.8 Å². The molecule has 0 radical (unpaired) electrons. The zero-order chi connectivity index (χ0) is 38.6. The van der Waals surface area contributed by atoms with Crippen molar-refractivity contribution in [2.45, 2.75) is 84.3 Å². The molecule has 3 atom stereocenters. The second-order valence-electron chi connectivity index (χ2n) is 16.6. The number of rotatable bonds is 13. The van der Waals surface area contributed by atoms with Crippen LogP contribution in [0.5, 0.6) is 5.75 Å². The van der Waals surface area contributed by atoms with Crippen molar-refractivity contribution in [1.82, 2.24) is 30.0 Å². The number of carbonyl (C=O) groups excluding carboxylic acids is 3. The van der Waals surface area contributed by atoms with E-state index in [0.717, 1.165) is 43.7 Å². The topological polar surface area (TPSA) is 123 Å². The van der Waals surface area contributed by atoms with Crippen LogP contribution in [0, 0.1) is 11.3 Å². The molecule has 0 unspecified atom stereocenters. The first-order valence-electron chi connectivity index (χ1n) is 19.8. The van der Waals surface area contributed by atoms with Crippen LogP contribution in [0.15, 0.2) is 42.7 Å². The normalized spacial score (nSPS) is 19.9. The number of piperidine rings is 1. The molecule has 55 heavy (non-hydrogen) atoms. The van der Waals surface area contributed by atoms with Gasteiger partial charge >= 0.3 is 0 Å². The Morgan fingerprint density at radius 3 is 2.27 bits per heavy atom. The molecule has 0 aliphatic carbocycles. The van der Waals surface area contributed by atoms with Crippen LogP contribution >= 0.6 is 12.4 Å². The van der Waals surface area contributed by atoms with E-state index in [1.165, 1.54) is 37.9 Å². The minimum absolute atomic E-state index is 0. The molecule has 1 amide bonds. The van der Waals surface area contributed by atoms with Gasteiger partial charge in [0.25, 0.3) is 0 Å². The molecule has 300 valence electrons. The van der Waals surface area contributed by atoms with E-state index >= 15 is 0 Å². The van der Waals surface area contributed by atoms with E-state index in [4.69, 9.17) is 4.74 Å². The Morgan fingerprint density at radius 2 is 1.64 bits per heavy atom. The molecular formula is C42H61ClN8O4. The Hall–Kier alpha value is -3.84. The van der Waals surface area contributed by atoms with E-state index in [1.807, 2.05) is 39.8 Å². The molecule has 6 rings (SSSR count). The summed E-state index contributed by atoms with van der Waals surface area (Å²) in [6, 6.07) is 12.1. The molecule has 4 heterocycles. The monoisotopic (exact) mass is 776 g/mol. The van der Waals surface area contributed by atoms with Gasteiger partial charge in [-0.05, 0) is 95.5 Å². The van der Waals surface area contributed by atoms with E-state index in [9.17, 15) is 14.4 Å². The van der Waals surface area contributed by atoms with Crippen LogP contribution in [-0.2, 0) is 20.8 Å². The number of Topliss-reactive ketones (excluding diaryl/α,β-unsaturated/α-hetero) is 2. The molecule has 3 aliphatic rings. The number of amides is 1. The molecule has 12 nitrogen and oxygen atoms in total. The van der Waals surface area contributed by atoms with Gasteiger partial charge in [-0.25, -0.2) is 9.97 Å². The van der Waals surface area contributed by atoms with Crippen LogP contribution in [0.2, 0.25) is 0 Å². The zero-order valence-corrected chi connectivity index (χ0v) is 34.6. The van der Waals surface area contributed by atoms with Crippen LogP contribution in [-0.4, -0.2) is 127 Å². The number of hydrogen-bond donors (Lipinski definition) is 2. The van der Waals surface area contributed by atoms with Crippen molar-refractivity contribution in [3.63, 3.8) is 0 Å². The molecule has 1 aromatic heterocycles. The van der Waals surface area contributed by atoms with Crippen LogP contribution in [0.4, 0.5) is 17.2 Å². The third kappa shape index (κ3) is 9.94. The van der Waals surface area contributed by atoms with Gasteiger partial charge in [0.2, 0.25) is 5.91 Å². The Morgan fingerprint density at radius 1 is 0.945 bits per heavy atom. The van der Waals surface area contributed by atoms with E-state index in [2.05, 4.69) is 66.6 Å². The fourth-order valence-electron chi connectivity index (χ4n) is 8.33. The maximum atomic E-state index is 14.1. The van der Waals surface area contributed by atoms with Gasteiger partial charge in [0.05, 0.1) is 24.7 Å². The van der Waals surface area contributed by atoms with Gasteiger partial charge in [-0.1, -0.05) is 20.8 Å². The van der Waals surface area contributed by atoms with Gasteiger partial charge in [-0.15, -0.1) is 12.4 Å².